The Morgan fingerprint density at radius 2 is 1.52 bits per heavy atom. The number of likely N-dealkylation sites (N-methyl/N-ethyl adjacent to an activating group) is 1. The Bertz CT molecular complexity index is 1300. The van der Waals surface area contributed by atoms with Crippen molar-refractivity contribution >= 4 is 11.8 Å². The molecule has 2 amide bonds. The Morgan fingerprint density at radius 3 is 2.18 bits per heavy atom. The number of nitrogens with one attached hydrogen (secondary N) is 2. The Labute approximate surface area is 262 Å². The molecule has 0 saturated heterocycles. The predicted molar refractivity (Wildman–Crippen MR) is 170 cm³/mol. The van der Waals surface area contributed by atoms with E-state index in [9.17, 15) is 9.59 Å². The third-order valence-corrected chi connectivity index (χ3v) is 8.26. The molecule has 2 aromatic carbocycles. The highest BCUT2D eigenvalue weighted by Gasteiger charge is 2.28. The molecule has 4 unspecified atom stereocenters. The largest absolute Gasteiger partial charge is 0.454 e. The molecule has 0 bridgehead atoms. The van der Waals surface area contributed by atoms with Crippen LogP contribution in [0.2, 0.25) is 0 Å². The number of fused-ring (bicyclic) bond motifs is 2. The van der Waals surface area contributed by atoms with E-state index in [1.54, 1.807) is 6.92 Å². The van der Waals surface area contributed by atoms with E-state index in [0.717, 1.165) is 53.5 Å². The molecule has 0 aliphatic carbocycles. The van der Waals surface area contributed by atoms with Crippen LogP contribution >= 0.6 is 0 Å². The van der Waals surface area contributed by atoms with Gasteiger partial charge >= 0.3 is 0 Å². The smallest absolute Gasteiger partial charge is 0.242 e. The molecule has 0 aromatic heterocycles. The minimum atomic E-state index is -0.475. The summed E-state index contributed by atoms with van der Waals surface area (Å²) in [5.74, 6) is 3.00. The second kappa shape index (κ2) is 14.5. The molecular weight excluding hydrogens is 560 g/mol. The molecular formula is C34H50N4O6. The second-order valence-corrected chi connectivity index (χ2v) is 13.0. The third-order valence-electron chi connectivity index (χ3n) is 8.26. The summed E-state index contributed by atoms with van der Waals surface area (Å²) in [5, 5.41) is 6.10. The fourth-order valence-electron chi connectivity index (χ4n) is 5.80. The van der Waals surface area contributed by atoms with Gasteiger partial charge in [-0.3, -0.25) is 19.4 Å². The lowest BCUT2D eigenvalue weighted by Crippen LogP contribution is -2.50. The molecule has 0 fully saturated rings. The van der Waals surface area contributed by atoms with Crippen LogP contribution in [0.5, 0.6) is 23.0 Å². The normalized spacial score (nSPS) is 17.5. The van der Waals surface area contributed by atoms with Crippen molar-refractivity contribution in [2.45, 2.75) is 99.2 Å². The maximum absolute atomic E-state index is 12.7. The lowest BCUT2D eigenvalue weighted by molar-refractivity contribution is -0.129. The SMILES string of the molecule is CCN(C(C)Cc1ccc2c(c1)OC(CCN(CNC(=O)C(C)(C)C)C(C)Cc1ccc3c(c1)OCO3)O2)C(C)NC(C)=O. The predicted octanol–water partition coefficient (Wildman–Crippen LogP) is 4.69. The number of hydrogen-bond acceptors (Lipinski definition) is 8. The summed E-state index contributed by atoms with van der Waals surface area (Å²) in [5.41, 5.74) is 1.82. The number of ether oxygens (including phenoxy) is 4. The van der Waals surface area contributed by atoms with Gasteiger partial charge in [-0.15, -0.1) is 0 Å². The highest BCUT2D eigenvalue weighted by Crippen LogP contribution is 2.37. The summed E-state index contributed by atoms with van der Waals surface area (Å²) in [6.07, 6.45) is 1.77. The average molecular weight is 611 g/mol. The maximum atomic E-state index is 12.7. The number of carbonyl (C=O) groups excluding carboxylic acids is 2. The first-order chi connectivity index (χ1) is 20.8. The fourth-order valence-corrected chi connectivity index (χ4v) is 5.80. The number of amides is 2. The van der Waals surface area contributed by atoms with E-state index in [-0.39, 0.29) is 36.9 Å². The molecule has 10 heteroatoms. The number of rotatable bonds is 14. The quantitative estimate of drug-likeness (QED) is 0.297. The van der Waals surface area contributed by atoms with Crippen LogP contribution in [0.25, 0.3) is 0 Å². The van der Waals surface area contributed by atoms with Crippen LogP contribution in [-0.2, 0) is 22.4 Å². The van der Waals surface area contributed by atoms with Crippen LogP contribution in [0.1, 0.15) is 72.9 Å². The van der Waals surface area contributed by atoms with Crippen molar-refractivity contribution in [1.82, 2.24) is 20.4 Å². The molecule has 2 aromatic rings. The highest BCUT2D eigenvalue weighted by molar-refractivity contribution is 5.81. The van der Waals surface area contributed by atoms with E-state index in [0.29, 0.717) is 19.6 Å². The molecule has 44 heavy (non-hydrogen) atoms. The van der Waals surface area contributed by atoms with Gasteiger partial charge in [0.2, 0.25) is 24.9 Å². The Hall–Kier alpha value is -3.50. The van der Waals surface area contributed by atoms with Gasteiger partial charge in [-0.25, -0.2) is 0 Å². The Kier molecular flexibility index (Phi) is 11.0. The zero-order valence-corrected chi connectivity index (χ0v) is 27.6. The first kappa shape index (κ1) is 33.4. The Balaban J connectivity index is 1.36. The number of carbonyl (C=O) groups is 2. The second-order valence-electron chi connectivity index (χ2n) is 13.0. The van der Waals surface area contributed by atoms with E-state index < -0.39 is 11.7 Å². The first-order valence-electron chi connectivity index (χ1n) is 15.7. The molecule has 0 radical (unpaired) electrons. The fraction of sp³-hybridized carbons (Fsp3) is 0.588. The summed E-state index contributed by atoms with van der Waals surface area (Å²) in [7, 11) is 0. The molecule has 4 atom stereocenters. The van der Waals surface area contributed by atoms with Crippen molar-refractivity contribution < 1.29 is 28.5 Å². The van der Waals surface area contributed by atoms with Crippen LogP contribution in [0.3, 0.4) is 0 Å². The average Bonchev–Trinajstić information content (AvgIpc) is 3.58. The Morgan fingerprint density at radius 1 is 0.909 bits per heavy atom. The lowest BCUT2D eigenvalue weighted by atomic mass is 9.96. The van der Waals surface area contributed by atoms with Crippen LogP contribution in [-0.4, -0.2) is 72.7 Å². The first-order valence-corrected chi connectivity index (χ1v) is 15.7. The van der Waals surface area contributed by atoms with Gasteiger partial charge < -0.3 is 29.6 Å². The van der Waals surface area contributed by atoms with Crippen molar-refractivity contribution in [3.8, 4) is 23.0 Å². The highest BCUT2D eigenvalue weighted by atomic mass is 16.7. The van der Waals surface area contributed by atoms with E-state index in [1.807, 2.05) is 45.9 Å². The van der Waals surface area contributed by atoms with Gasteiger partial charge in [0.1, 0.15) is 0 Å². The van der Waals surface area contributed by atoms with Crippen LogP contribution in [0, 0.1) is 5.41 Å². The van der Waals surface area contributed by atoms with Gasteiger partial charge in [-0.05, 0) is 75.5 Å². The number of nitrogens with zero attached hydrogens (tertiary/aromatic N) is 2. The lowest BCUT2D eigenvalue weighted by Gasteiger charge is -2.33. The van der Waals surface area contributed by atoms with Crippen molar-refractivity contribution in [2.75, 3.05) is 26.6 Å². The summed E-state index contributed by atoms with van der Waals surface area (Å²) < 4.78 is 23.5. The van der Waals surface area contributed by atoms with Gasteiger partial charge in [0.25, 0.3) is 0 Å². The summed E-state index contributed by atoms with van der Waals surface area (Å²) in [6, 6.07) is 12.5. The van der Waals surface area contributed by atoms with Gasteiger partial charge in [0.15, 0.2) is 23.0 Å². The molecule has 0 spiro atoms. The molecule has 2 heterocycles. The van der Waals surface area contributed by atoms with E-state index in [1.165, 1.54) is 0 Å². The number of hydrogen-bond donors (Lipinski definition) is 2. The van der Waals surface area contributed by atoms with Crippen LogP contribution < -0.4 is 29.6 Å². The molecule has 10 nitrogen and oxygen atoms in total. The van der Waals surface area contributed by atoms with Crippen molar-refractivity contribution in [1.29, 1.82) is 0 Å². The molecule has 2 aliphatic rings. The van der Waals surface area contributed by atoms with Crippen molar-refractivity contribution in [3.05, 3.63) is 47.5 Å². The van der Waals surface area contributed by atoms with Gasteiger partial charge in [-0.1, -0.05) is 39.8 Å². The van der Waals surface area contributed by atoms with E-state index >= 15 is 0 Å². The monoisotopic (exact) mass is 610 g/mol. The van der Waals surface area contributed by atoms with Crippen LogP contribution in [0.4, 0.5) is 0 Å². The molecule has 2 aliphatic heterocycles. The number of benzene rings is 2. The standard InChI is InChI=1S/C34H50N4O6/c1-9-38(24(4)36-25(5)39)23(3)17-27-11-13-29-31(19-27)44-32(43-29)14-15-37(20-35-33(40)34(6,7)8)22(2)16-26-10-12-28-30(18-26)42-21-41-28/h10-13,18-19,22-24,32H,9,14-17,20-21H2,1-8H3,(H,35,40)(H,36,39). The molecule has 4 rings (SSSR count). The molecule has 242 valence electrons. The summed E-state index contributed by atoms with van der Waals surface area (Å²) >= 11 is 0. The van der Waals surface area contributed by atoms with Crippen molar-refractivity contribution in [3.63, 3.8) is 0 Å². The van der Waals surface area contributed by atoms with E-state index in [4.69, 9.17) is 18.9 Å². The van der Waals surface area contributed by atoms with Gasteiger partial charge in [0.05, 0.1) is 12.8 Å². The van der Waals surface area contributed by atoms with Gasteiger partial charge in [-0.2, -0.15) is 0 Å². The topological polar surface area (TPSA) is 102 Å². The third kappa shape index (κ3) is 8.79. The van der Waals surface area contributed by atoms with E-state index in [2.05, 4.69) is 59.4 Å². The maximum Gasteiger partial charge on any atom is 0.242 e. The minimum absolute atomic E-state index is 0.00779. The van der Waals surface area contributed by atoms with Crippen LogP contribution in [0.15, 0.2) is 36.4 Å². The molecule has 2 N–H and O–H groups in total. The summed E-state index contributed by atoms with van der Waals surface area (Å²) in [4.78, 5) is 28.8. The minimum Gasteiger partial charge on any atom is -0.454 e. The zero-order valence-electron chi connectivity index (χ0n) is 27.6. The molecule has 0 saturated carbocycles. The van der Waals surface area contributed by atoms with Crippen molar-refractivity contribution in [2.24, 2.45) is 5.41 Å². The van der Waals surface area contributed by atoms with Gasteiger partial charge in [0, 0.05) is 37.4 Å². The zero-order chi connectivity index (χ0) is 32.0. The summed E-state index contributed by atoms with van der Waals surface area (Å²) in [6.45, 7) is 17.9.